The zero-order valence-corrected chi connectivity index (χ0v) is 20.1. The van der Waals surface area contributed by atoms with E-state index < -0.39 is 29.9 Å². The molecule has 186 valence electrons. The maximum absolute atomic E-state index is 11.9. The van der Waals surface area contributed by atoms with Gasteiger partial charge < -0.3 is 29.3 Å². The molecule has 0 aromatic heterocycles. The fraction of sp³-hybridized carbons (Fsp3) is 0.500. The minimum absolute atomic E-state index is 0.0716. The van der Waals surface area contributed by atoms with Crippen LogP contribution < -0.4 is 4.74 Å². The number of hydroxylamine groups is 2. The molecule has 3 atom stereocenters. The molecule has 1 saturated heterocycles. The molecule has 1 aliphatic rings. The molecule has 0 spiro atoms. The highest BCUT2D eigenvalue weighted by Crippen LogP contribution is 2.30. The normalized spacial score (nSPS) is 21.1. The molecular formula is C26H35NO7. The van der Waals surface area contributed by atoms with Gasteiger partial charge in [-0.15, -0.1) is 5.06 Å². The van der Waals surface area contributed by atoms with Crippen LogP contribution in [0.2, 0.25) is 0 Å². The van der Waals surface area contributed by atoms with Crippen LogP contribution in [-0.4, -0.2) is 65.5 Å². The Morgan fingerprint density at radius 1 is 0.971 bits per heavy atom. The van der Waals surface area contributed by atoms with Gasteiger partial charge in [0, 0.05) is 12.3 Å². The zero-order chi connectivity index (χ0) is 24.6. The summed E-state index contributed by atoms with van der Waals surface area (Å²) in [6, 6.07) is 17.3. The molecule has 0 saturated carbocycles. The third-order valence-corrected chi connectivity index (χ3v) is 5.28. The van der Waals surface area contributed by atoms with E-state index in [-0.39, 0.29) is 13.1 Å². The lowest BCUT2D eigenvalue weighted by Gasteiger charge is -2.38. The first-order valence-electron chi connectivity index (χ1n) is 11.6. The first-order chi connectivity index (χ1) is 16.2. The van der Waals surface area contributed by atoms with Gasteiger partial charge in [0.05, 0.1) is 45.1 Å². The summed E-state index contributed by atoms with van der Waals surface area (Å²) in [5.74, 6) is 0.209. The van der Waals surface area contributed by atoms with Crippen LogP contribution in [0.5, 0.6) is 5.75 Å². The Bertz CT molecular complexity index is 870. The fourth-order valence-electron chi connectivity index (χ4n) is 3.77. The summed E-state index contributed by atoms with van der Waals surface area (Å²) in [5, 5.41) is 22.4. The summed E-state index contributed by atoms with van der Waals surface area (Å²) in [6.07, 6.45) is -1.93. The van der Waals surface area contributed by atoms with Gasteiger partial charge in [-0.25, -0.2) is 4.79 Å². The first-order valence-corrected chi connectivity index (χ1v) is 11.6. The number of benzene rings is 2. The van der Waals surface area contributed by atoms with Crippen molar-refractivity contribution in [3.63, 3.8) is 0 Å². The molecular weight excluding hydrogens is 438 g/mol. The average molecular weight is 474 g/mol. The molecule has 2 aromatic carbocycles. The molecule has 1 fully saturated rings. The fourth-order valence-corrected chi connectivity index (χ4v) is 3.77. The van der Waals surface area contributed by atoms with Gasteiger partial charge in [0.2, 0.25) is 0 Å². The van der Waals surface area contributed by atoms with E-state index in [0.29, 0.717) is 25.6 Å². The topological polar surface area (TPSA) is 97.7 Å². The van der Waals surface area contributed by atoms with E-state index in [1.165, 1.54) is 5.06 Å². The van der Waals surface area contributed by atoms with Crippen molar-refractivity contribution in [2.45, 2.75) is 57.5 Å². The van der Waals surface area contributed by atoms with Crippen molar-refractivity contribution in [2.24, 2.45) is 0 Å². The number of β-amino-alcohol motifs (C(OH)–C–C–N with tert-alkyl or cyclic N) is 2. The highest BCUT2D eigenvalue weighted by atomic mass is 16.8. The number of rotatable bonds is 9. The second-order valence-corrected chi connectivity index (χ2v) is 9.37. The molecule has 8 heteroatoms. The van der Waals surface area contributed by atoms with Gasteiger partial charge in [0.25, 0.3) is 0 Å². The van der Waals surface area contributed by atoms with Gasteiger partial charge in [-0.1, -0.05) is 42.5 Å². The molecule has 0 amide bonds. The Morgan fingerprint density at radius 2 is 1.62 bits per heavy atom. The van der Waals surface area contributed by atoms with E-state index >= 15 is 0 Å². The Morgan fingerprint density at radius 3 is 2.24 bits per heavy atom. The van der Waals surface area contributed by atoms with Crippen molar-refractivity contribution < 1.29 is 34.1 Å². The van der Waals surface area contributed by atoms with Crippen molar-refractivity contribution in [2.75, 3.05) is 26.3 Å². The number of piperidine rings is 1. The van der Waals surface area contributed by atoms with Crippen LogP contribution in [0.25, 0.3) is 0 Å². The van der Waals surface area contributed by atoms with Crippen molar-refractivity contribution in [1.82, 2.24) is 5.06 Å². The standard InChI is InChI=1S/C26H35NO7/c1-26(2,3)33-25(30)34-27-16-22(28)24(23(29)17-27)20-10-12-21(13-11-20)32-15-7-14-31-18-19-8-5-4-6-9-19/h4-6,8-13,22-24,28-29H,7,14-18H2,1-3H3/t22-,23+,24-. The zero-order valence-electron chi connectivity index (χ0n) is 20.1. The van der Waals surface area contributed by atoms with E-state index in [9.17, 15) is 15.0 Å². The Balaban J connectivity index is 1.41. The summed E-state index contributed by atoms with van der Waals surface area (Å²) < 4.78 is 16.5. The number of hydrogen-bond donors (Lipinski definition) is 2. The first kappa shape index (κ1) is 26.0. The molecule has 1 aliphatic heterocycles. The third kappa shape index (κ3) is 8.29. The third-order valence-electron chi connectivity index (χ3n) is 5.28. The van der Waals surface area contributed by atoms with Crippen molar-refractivity contribution in [3.05, 3.63) is 65.7 Å². The van der Waals surface area contributed by atoms with Crippen LogP contribution >= 0.6 is 0 Å². The van der Waals surface area contributed by atoms with Crippen LogP contribution in [-0.2, 0) is 20.9 Å². The molecule has 0 radical (unpaired) electrons. The minimum Gasteiger partial charge on any atom is -0.494 e. The number of nitrogens with zero attached hydrogens (tertiary/aromatic N) is 1. The van der Waals surface area contributed by atoms with Gasteiger partial charge in [0.1, 0.15) is 11.4 Å². The predicted molar refractivity (Wildman–Crippen MR) is 126 cm³/mol. The largest absolute Gasteiger partial charge is 0.528 e. The predicted octanol–water partition coefficient (Wildman–Crippen LogP) is 3.66. The number of carbonyl (C=O) groups excluding carboxylic acids is 1. The monoisotopic (exact) mass is 473 g/mol. The van der Waals surface area contributed by atoms with E-state index in [1.807, 2.05) is 54.6 Å². The second-order valence-electron chi connectivity index (χ2n) is 9.37. The van der Waals surface area contributed by atoms with E-state index in [1.54, 1.807) is 20.8 Å². The average Bonchev–Trinajstić information content (AvgIpc) is 2.76. The van der Waals surface area contributed by atoms with Crippen LogP contribution in [0.3, 0.4) is 0 Å². The van der Waals surface area contributed by atoms with Crippen LogP contribution in [0.15, 0.2) is 54.6 Å². The Hall–Kier alpha value is -2.65. The van der Waals surface area contributed by atoms with Gasteiger partial charge >= 0.3 is 6.16 Å². The van der Waals surface area contributed by atoms with Crippen molar-refractivity contribution in [3.8, 4) is 5.75 Å². The summed E-state index contributed by atoms with van der Waals surface area (Å²) in [4.78, 5) is 17.0. The smallest absolute Gasteiger partial charge is 0.494 e. The van der Waals surface area contributed by atoms with Crippen molar-refractivity contribution in [1.29, 1.82) is 0 Å². The van der Waals surface area contributed by atoms with Crippen LogP contribution in [0.4, 0.5) is 4.79 Å². The van der Waals surface area contributed by atoms with Gasteiger partial charge in [0.15, 0.2) is 0 Å². The lowest BCUT2D eigenvalue weighted by atomic mass is 9.85. The van der Waals surface area contributed by atoms with E-state index in [0.717, 1.165) is 17.5 Å². The highest BCUT2D eigenvalue weighted by molar-refractivity contribution is 5.60. The quantitative estimate of drug-likeness (QED) is 0.421. The lowest BCUT2D eigenvalue weighted by molar-refractivity contribution is -0.191. The Labute approximate surface area is 201 Å². The Kier molecular flexibility index (Phi) is 9.29. The van der Waals surface area contributed by atoms with Gasteiger partial charge in [-0.3, -0.25) is 0 Å². The molecule has 34 heavy (non-hydrogen) atoms. The van der Waals surface area contributed by atoms with E-state index in [4.69, 9.17) is 19.0 Å². The number of ether oxygens (including phenoxy) is 3. The molecule has 8 nitrogen and oxygen atoms in total. The van der Waals surface area contributed by atoms with E-state index in [2.05, 4.69) is 0 Å². The summed E-state index contributed by atoms with van der Waals surface area (Å²) >= 11 is 0. The molecule has 3 rings (SSSR count). The SMILES string of the molecule is CC(C)(C)OC(=O)ON1C[C@@H](O)[C@@H](c2ccc(OCCCOCc3ccccc3)cc2)[C@@H](O)C1. The van der Waals surface area contributed by atoms with Gasteiger partial charge in [-0.05, 0) is 44.0 Å². The second kappa shape index (κ2) is 12.2. The molecule has 0 bridgehead atoms. The minimum atomic E-state index is -0.917. The van der Waals surface area contributed by atoms with Gasteiger partial charge in [-0.2, -0.15) is 0 Å². The van der Waals surface area contributed by atoms with Crippen LogP contribution in [0.1, 0.15) is 44.2 Å². The molecule has 2 N–H and O–H groups in total. The summed E-state index contributed by atoms with van der Waals surface area (Å²) in [6.45, 7) is 7.06. The number of hydrogen-bond acceptors (Lipinski definition) is 8. The lowest BCUT2D eigenvalue weighted by Crippen LogP contribution is -2.51. The molecule has 0 aliphatic carbocycles. The summed E-state index contributed by atoms with van der Waals surface area (Å²) in [7, 11) is 0. The molecule has 0 unspecified atom stereocenters. The maximum Gasteiger partial charge on any atom is 0.528 e. The molecule has 1 heterocycles. The number of aliphatic hydroxyl groups excluding tert-OH is 2. The number of aliphatic hydroxyl groups is 2. The highest BCUT2D eigenvalue weighted by Gasteiger charge is 2.38. The molecule has 2 aromatic rings. The van der Waals surface area contributed by atoms with Crippen molar-refractivity contribution >= 4 is 6.16 Å². The van der Waals surface area contributed by atoms with Crippen LogP contribution in [0, 0.1) is 0 Å². The maximum atomic E-state index is 11.9. The number of carbonyl (C=O) groups is 1. The summed E-state index contributed by atoms with van der Waals surface area (Å²) in [5.41, 5.74) is 1.24.